The molecule has 8 heteroatoms. The van der Waals surface area contributed by atoms with Crippen molar-refractivity contribution in [2.45, 2.75) is 30.1 Å². The van der Waals surface area contributed by atoms with Crippen LogP contribution in [-0.2, 0) is 11.3 Å². The first-order valence-corrected chi connectivity index (χ1v) is 11.2. The molecule has 0 bridgehead atoms. The van der Waals surface area contributed by atoms with Crippen molar-refractivity contribution >= 4 is 34.1 Å². The normalized spacial score (nSPS) is 11.8. The highest BCUT2D eigenvalue weighted by Crippen LogP contribution is 2.25. The van der Waals surface area contributed by atoms with Gasteiger partial charge in [0.2, 0.25) is 11.0 Å². The number of carbonyl (C=O) groups excluding carboxylic acids is 1. The molecule has 0 saturated carbocycles. The summed E-state index contributed by atoms with van der Waals surface area (Å²) >= 11 is 2.77. The number of benzene rings is 2. The van der Waals surface area contributed by atoms with E-state index in [-0.39, 0.29) is 11.7 Å². The molecule has 0 aliphatic carbocycles. The summed E-state index contributed by atoms with van der Waals surface area (Å²) in [5.41, 5.74) is 2.20. The van der Waals surface area contributed by atoms with Gasteiger partial charge in [-0.05, 0) is 29.7 Å². The minimum atomic E-state index is -0.254. The van der Waals surface area contributed by atoms with Gasteiger partial charge in [-0.15, -0.1) is 10.2 Å². The third kappa shape index (κ3) is 6.83. The summed E-state index contributed by atoms with van der Waals surface area (Å²) in [6.07, 6.45) is 0.969. The molecule has 1 atom stereocenters. The minimum Gasteiger partial charge on any atom is -0.356 e. The fourth-order valence-electron chi connectivity index (χ4n) is 2.76. The average molecular weight is 431 g/mol. The number of anilines is 1. The van der Waals surface area contributed by atoms with Crippen molar-refractivity contribution in [2.24, 2.45) is 0 Å². The van der Waals surface area contributed by atoms with Crippen molar-refractivity contribution in [3.63, 3.8) is 0 Å². The summed E-state index contributed by atoms with van der Waals surface area (Å²) in [7, 11) is 0. The van der Waals surface area contributed by atoms with Gasteiger partial charge < -0.3 is 10.6 Å². The second-order valence-corrected chi connectivity index (χ2v) is 8.66. The van der Waals surface area contributed by atoms with Crippen LogP contribution in [0, 0.1) is 5.82 Å². The molecule has 29 heavy (non-hydrogen) atoms. The molecule has 3 rings (SSSR count). The number of nitrogens with one attached hydrogen (secondary N) is 2. The van der Waals surface area contributed by atoms with Crippen LogP contribution in [0.1, 0.15) is 30.4 Å². The lowest BCUT2D eigenvalue weighted by Crippen LogP contribution is -2.29. The number of hydrogen-bond acceptors (Lipinski definition) is 6. The van der Waals surface area contributed by atoms with Crippen LogP contribution in [-0.4, -0.2) is 28.4 Å². The summed E-state index contributed by atoms with van der Waals surface area (Å²) in [6.45, 7) is 3.29. The van der Waals surface area contributed by atoms with Gasteiger partial charge in [0.1, 0.15) is 5.82 Å². The monoisotopic (exact) mass is 430 g/mol. The maximum Gasteiger partial charge on any atom is 0.230 e. The van der Waals surface area contributed by atoms with Gasteiger partial charge in [0, 0.05) is 19.0 Å². The second kappa shape index (κ2) is 10.9. The van der Waals surface area contributed by atoms with E-state index in [1.54, 1.807) is 12.1 Å². The highest BCUT2D eigenvalue weighted by atomic mass is 32.2. The van der Waals surface area contributed by atoms with Crippen LogP contribution in [0.3, 0.4) is 0 Å². The molecule has 0 spiro atoms. The van der Waals surface area contributed by atoms with Crippen LogP contribution >= 0.6 is 23.1 Å². The predicted octanol–water partition coefficient (Wildman–Crippen LogP) is 4.69. The first-order valence-electron chi connectivity index (χ1n) is 9.40. The van der Waals surface area contributed by atoms with Crippen molar-refractivity contribution in [2.75, 3.05) is 17.6 Å². The molecule has 0 aliphatic rings. The van der Waals surface area contributed by atoms with Gasteiger partial charge in [0.05, 0.1) is 5.75 Å². The average Bonchev–Trinajstić information content (AvgIpc) is 3.21. The van der Waals surface area contributed by atoms with E-state index in [0.29, 0.717) is 29.9 Å². The van der Waals surface area contributed by atoms with Crippen molar-refractivity contribution in [3.05, 3.63) is 71.5 Å². The van der Waals surface area contributed by atoms with Crippen LogP contribution < -0.4 is 10.6 Å². The Morgan fingerprint density at radius 3 is 2.62 bits per heavy atom. The van der Waals surface area contributed by atoms with Crippen LogP contribution in [0.15, 0.2) is 58.9 Å². The maximum absolute atomic E-state index is 12.9. The van der Waals surface area contributed by atoms with Gasteiger partial charge >= 0.3 is 0 Å². The quantitative estimate of drug-likeness (QED) is 0.457. The van der Waals surface area contributed by atoms with Gasteiger partial charge in [-0.2, -0.15) is 0 Å². The smallest absolute Gasteiger partial charge is 0.230 e. The molecular formula is C21H23FN4OS2. The number of amides is 1. The first-order chi connectivity index (χ1) is 14.1. The van der Waals surface area contributed by atoms with Crippen LogP contribution in [0.2, 0.25) is 0 Å². The summed E-state index contributed by atoms with van der Waals surface area (Å²) in [4.78, 5) is 12.2. The topological polar surface area (TPSA) is 66.9 Å². The number of halogens is 1. The minimum absolute atomic E-state index is 0.0135. The largest absolute Gasteiger partial charge is 0.356 e. The van der Waals surface area contributed by atoms with Crippen molar-refractivity contribution in [1.29, 1.82) is 0 Å². The van der Waals surface area contributed by atoms with E-state index in [9.17, 15) is 9.18 Å². The van der Waals surface area contributed by atoms with Gasteiger partial charge in [-0.25, -0.2) is 4.39 Å². The van der Waals surface area contributed by atoms with Gasteiger partial charge in [-0.3, -0.25) is 4.79 Å². The van der Waals surface area contributed by atoms with Crippen LogP contribution in [0.4, 0.5) is 9.52 Å². The lowest BCUT2D eigenvalue weighted by molar-refractivity contribution is -0.118. The Hall–Kier alpha value is -2.45. The third-order valence-electron chi connectivity index (χ3n) is 4.40. The molecule has 0 radical (unpaired) electrons. The molecule has 1 amide bonds. The van der Waals surface area contributed by atoms with Crippen molar-refractivity contribution < 1.29 is 9.18 Å². The molecule has 2 aromatic carbocycles. The summed E-state index contributed by atoms with van der Waals surface area (Å²) in [5, 5.41) is 15.0. The number of hydrogen-bond donors (Lipinski definition) is 2. The number of thioether (sulfide) groups is 1. The van der Waals surface area contributed by atoms with E-state index >= 15 is 0 Å². The zero-order chi connectivity index (χ0) is 20.5. The molecule has 0 saturated heterocycles. The molecule has 152 valence electrons. The Morgan fingerprint density at radius 1 is 1.14 bits per heavy atom. The van der Waals surface area contributed by atoms with E-state index in [0.717, 1.165) is 16.3 Å². The van der Waals surface area contributed by atoms with Gasteiger partial charge in [0.15, 0.2) is 4.34 Å². The third-order valence-corrected chi connectivity index (χ3v) is 6.41. The Morgan fingerprint density at radius 2 is 1.90 bits per heavy atom. The van der Waals surface area contributed by atoms with Crippen molar-refractivity contribution in [3.8, 4) is 0 Å². The Balaban J connectivity index is 1.40. The van der Waals surface area contributed by atoms with Crippen molar-refractivity contribution in [1.82, 2.24) is 15.5 Å². The van der Waals surface area contributed by atoms with E-state index in [1.165, 1.54) is 40.8 Å². The second-order valence-electron chi connectivity index (χ2n) is 6.46. The molecule has 1 unspecified atom stereocenters. The molecule has 0 fully saturated rings. The fourth-order valence-corrected chi connectivity index (χ4v) is 4.34. The van der Waals surface area contributed by atoms with E-state index < -0.39 is 0 Å². The molecule has 2 N–H and O–H groups in total. The zero-order valence-electron chi connectivity index (χ0n) is 16.1. The zero-order valence-corrected chi connectivity index (χ0v) is 17.7. The van der Waals surface area contributed by atoms with E-state index in [1.807, 2.05) is 18.2 Å². The number of nitrogens with zero attached hydrogens (tertiary/aromatic N) is 2. The molecule has 1 heterocycles. The summed E-state index contributed by atoms with van der Waals surface area (Å²) < 4.78 is 13.7. The lowest BCUT2D eigenvalue weighted by Gasteiger charge is -2.16. The molecule has 1 aromatic heterocycles. The van der Waals surface area contributed by atoms with E-state index in [4.69, 9.17) is 0 Å². The summed E-state index contributed by atoms with van der Waals surface area (Å²) in [6, 6.07) is 16.5. The predicted molar refractivity (Wildman–Crippen MR) is 117 cm³/mol. The van der Waals surface area contributed by atoms with Crippen LogP contribution in [0.5, 0.6) is 0 Å². The molecule has 5 nitrogen and oxygen atoms in total. The van der Waals surface area contributed by atoms with Gasteiger partial charge in [-0.1, -0.05) is 72.5 Å². The molecular weight excluding hydrogens is 407 g/mol. The van der Waals surface area contributed by atoms with Crippen LogP contribution in [0.25, 0.3) is 0 Å². The molecule has 3 aromatic rings. The highest BCUT2D eigenvalue weighted by molar-refractivity contribution is 8.01. The number of carbonyl (C=O) groups is 1. The first kappa shape index (κ1) is 21.3. The number of aromatic nitrogens is 2. The maximum atomic E-state index is 12.9. The number of rotatable bonds is 10. The highest BCUT2D eigenvalue weighted by Gasteiger charge is 2.12. The van der Waals surface area contributed by atoms with Gasteiger partial charge in [0.25, 0.3) is 0 Å². The Labute approximate surface area is 178 Å². The van der Waals surface area contributed by atoms with E-state index in [2.05, 4.69) is 39.9 Å². The Kier molecular flexibility index (Phi) is 8.01. The summed E-state index contributed by atoms with van der Waals surface area (Å²) in [5.74, 6) is 0.350. The SMILES string of the molecule is CCC(CNC(=O)CSc1nnc(NCc2ccc(F)cc2)s1)c1ccccc1. The standard InChI is InChI=1S/C21H23FN4OS2/c1-2-16(17-6-4-3-5-7-17)13-23-19(27)14-28-21-26-25-20(29-21)24-12-15-8-10-18(22)11-9-15/h3-11,16H,2,12-14H2,1H3,(H,23,27)(H,24,25). The fraction of sp³-hybridized carbons (Fsp3) is 0.286. The lowest BCUT2D eigenvalue weighted by atomic mass is 9.96. The Bertz CT molecular complexity index is 903. The molecule has 0 aliphatic heterocycles.